The van der Waals surface area contributed by atoms with E-state index >= 15 is 0 Å². The third kappa shape index (κ3) is 6.97. The molecule has 1 aromatic heterocycles. The third-order valence-corrected chi connectivity index (χ3v) is 4.96. The molecule has 4 N–H and O–H groups in total. The van der Waals surface area contributed by atoms with E-state index in [1.165, 1.54) is 0 Å². The highest BCUT2D eigenvalue weighted by molar-refractivity contribution is 5.91. The molecule has 0 saturated carbocycles. The van der Waals surface area contributed by atoms with Crippen molar-refractivity contribution in [3.8, 4) is 11.5 Å². The summed E-state index contributed by atoms with van der Waals surface area (Å²) in [5.74, 6) is -0.923. The number of pyridine rings is 1. The number of aromatic nitrogens is 1. The van der Waals surface area contributed by atoms with E-state index in [9.17, 15) is 18.0 Å². The molecular formula is C21H23F3N4O5. The summed E-state index contributed by atoms with van der Waals surface area (Å²) in [6, 6.07) is 9.69. The Balaban J connectivity index is 0.000000383. The largest absolute Gasteiger partial charge is 0.490 e. The SMILES string of the molecule is NC1CCN(c2ccnc(NC(=O)Cc3ccc4c(c3)OCO4)c2)CC1.O=C(O)C(F)(F)F. The van der Waals surface area contributed by atoms with Gasteiger partial charge in [0, 0.05) is 37.1 Å². The van der Waals surface area contributed by atoms with Gasteiger partial charge in [-0.05, 0) is 36.6 Å². The first-order valence-corrected chi connectivity index (χ1v) is 10.1. The van der Waals surface area contributed by atoms with Crippen LogP contribution in [-0.4, -0.2) is 54.1 Å². The normalized spacial score (nSPS) is 15.5. The van der Waals surface area contributed by atoms with E-state index < -0.39 is 12.1 Å². The Labute approximate surface area is 187 Å². The molecule has 0 bridgehead atoms. The van der Waals surface area contributed by atoms with E-state index in [4.69, 9.17) is 25.1 Å². The van der Waals surface area contributed by atoms with Gasteiger partial charge >= 0.3 is 12.1 Å². The molecule has 2 aliphatic rings. The summed E-state index contributed by atoms with van der Waals surface area (Å²) >= 11 is 0. The van der Waals surface area contributed by atoms with Crippen LogP contribution in [0.25, 0.3) is 0 Å². The smallest absolute Gasteiger partial charge is 0.475 e. The molecule has 33 heavy (non-hydrogen) atoms. The van der Waals surface area contributed by atoms with E-state index in [1.807, 2.05) is 30.3 Å². The van der Waals surface area contributed by atoms with Gasteiger partial charge in [0.1, 0.15) is 5.82 Å². The Morgan fingerprint density at radius 3 is 2.48 bits per heavy atom. The van der Waals surface area contributed by atoms with Crippen LogP contribution in [0.4, 0.5) is 24.7 Å². The molecule has 178 valence electrons. The number of nitrogens with zero attached hydrogens (tertiary/aromatic N) is 2. The van der Waals surface area contributed by atoms with Crippen molar-refractivity contribution in [2.24, 2.45) is 5.73 Å². The highest BCUT2D eigenvalue weighted by atomic mass is 19.4. The maximum absolute atomic E-state index is 12.4. The number of halogens is 3. The van der Waals surface area contributed by atoms with Gasteiger partial charge in [0.2, 0.25) is 12.7 Å². The lowest BCUT2D eigenvalue weighted by molar-refractivity contribution is -0.192. The summed E-state index contributed by atoms with van der Waals surface area (Å²) < 4.78 is 42.4. The van der Waals surface area contributed by atoms with Crippen molar-refractivity contribution in [2.75, 3.05) is 30.1 Å². The van der Waals surface area contributed by atoms with Crippen molar-refractivity contribution in [3.63, 3.8) is 0 Å². The number of aliphatic carboxylic acids is 1. The van der Waals surface area contributed by atoms with Gasteiger partial charge in [-0.25, -0.2) is 9.78 Å². The number of carboxylic acid groups (broad SMARTS) is 1. The zero-order valence-corrected chi connectivity index (χ0v) is 17.5. The van der Waals surface area contributed by atoms with Gasteiger partial charge in [-0.15, -0.1) is 0 Å². The summed E-state index contributed by atoms with van der Waals surface area (Å²) in [6.07, 6.45) is -1.15. The highest BCUT2D eigenvalue weighted by Gasteiger charge is 2.38. The fraction of sp³-hybridized carbons (Fsp3) is 0.381. The van der Waals surface area contributed by atoms with Crippen LogP contribution in [0.1, 0.15) is 18.4 Å². The average molecular weight is 468 g/mol. The first-order valence-electron chi connectivity index (χ1n) is 10.1. The Bertz CT molecular complexity index is 994. The minimum Gasteiger partial charge on any atom is -0.475 e. The van der Waals surface area contributed by atoms with E-state index in [1.54, 1.807) is 6.20 Å². The fourth-order valence-electron chi connectivity index (χ4n) is 3.27. The standard InChI is InChI=1S/C19H22N4O3.C2HF3O2/c20-14-4-7-23(8-5-14)15-3-6-21-18(11-15)22-19(24)10-13-1-2-16-17(9-13)26-12-25-16;3-2(4,5)1(6)7/h1-3,6,9,11,14H,4-5,7-8,10,12,20H2,(H,21,22,24);(H,6,7). The second kappa shape index (κ2) is 10.4. The number of amides is 1. The van der Waals surface area contributed by atoms with Crippen LogP contribution in [0.3, 0.4) is 0 Å². The number of alkyl halides is 3. The van der Waals surface area contributed by atoms with Crippen molar-refractivity contribution in [1.82, 2.24) is 4.98 Å². The molecule has 2 aliphatic heterocycles. The lowest BCUT2D eigenvalue weighted by Gasteiger charge is -2.32. The van der Waals surface area contributed by atoms with Gasteiger partial charge in [0.15, 0.2) is 11.5 Å². The van der Waals surface area contributed by atoms with Crippen LogP contribution in [0.15, 0.2) is 36.5 Å². The first-order chi connectivity index (χ1) is 15.6. The van der Waals surface area contributed by atoms with E-state index in [2.05, 4.69) is 15.2 Å². The number of hydrogen-bond acceptors (Lipinski definition) is 7. The van der Waals surface area contributed by atoms with Crippen molar-refractivity contribution >= 4 is 23.4 Å². The Morgan fingerprint density at radius 2 is 1.82 bits per heavy atom. The zero-order chi connectivity index (χ0) is 24.0. The molecule has 0 aliphatic carbocycles. The first kappa shape index (κ1) is 24.1. The van der Waals surface area contributed by atoms with Crippen LogP contribution in [-0.2, 0) is 16.0 Å². The van der Waals surface area contributed by atoms with Gasteiger partial charge < -0.3 is 30.5 Å². The molecule has 1 amide bonds. The van der Waals surface area contributed by atoms with Crippen LogP contribution >= 0.6 is 0 Å². The predicted molar refractivity (Wildman–Crippen MR) is 112 cm³/mol. The molecule has 4 rings (SSSR count). The van der Waals surface area contributed by atoms with Crippen LogP contribution in [0.2, 0.25) is 0 Å². The number of rotatable bonds is 4. The minimum absolute atomic E-state index is 0.116. The van der Waals surface area contributed by atoms with Gasteiger partial charge in [0.25, 0.3) is 0 Å². The summed E-state index contributed by atoms with van der Waals surface area (Å²) in [6.45, 7) is 2.08. The maximum atomic E-state index is 12.4. The van der Waals surface area contributed by atoms with Gasteiger partial charge in [-0.2, -0.15) is 13.2 Å². The van der Waals surface area contributed by atoms with E-state index in [0.29, 0.717) is 17.3 Å². The summed E-state index contributed by atoms with van der Waals surface area (Å²) in [4.78, 5) is 27.8. The number of ether oxygens (including phenoxy) is 2. The Kier molecular flexibility index (Phi) is 7.59. The van der Waals surface area contributed by atoms with Gasteiger partial charge in [-0.1, -0.05) is 6.07 Å². The van der Waals surface area contributed by atoms with Gasteiger partial charge in [0.05, 0.1) is 6.42 Å². The number of carboxylic acids is 1. The predicted octanol–water partition coefficient (Wildman–Crippen LogP) is 2.55. The van der Waals surface area contributed by atoms with Crippen molar-refractivity contribution in [3.05, 3.63) is 42.1 Å². The van der Waals surface area contributed by atoms with Crippen molar-refractivity contribution in [2.45, 2.75) is 31.5 Å². The minimum atomic E-state index is -5.08. The van der Waals surface area contributed by atoms with Crippen molar-refractivity contribution < 1.29 is 37.3 Å². The van der Waals surface area contributed by atoms with Crippen LogP contribution < -0.4 is 25.4 Å². The number of anilines is 2. The molecule has 1 fully saturated rings. The molecule has 0 unspecified atom stereocenters. The quantitative estimate of drug-likeness (QED) is 0.625. The third-order valence-electron chi connectivity index (χ3n) is 4.96. The lowest BCUT2D eigenvalue weighted by Crippen LogP contribution is -2.39. The Hall–Kier alpha value is -3.54. The number of carbonyl (C=O) groups excluding carboxylic acids is 1. The summed E-state index contributed by atoms with van der Waals surface area (Å²) in [5, 5.41) is 10.00. The molecule has 0 atom stereocenters. The molecule has 1 saturated heterocycles. The van der Waals surface area contributed by atoms with Crippen LogP contribution in [0, 0.1) is 0 Å². The maximum Gasteiger partial charge on any atom is 0.490 e. The number of benzene rings is 1. The molecule has 0 spiro atoms. The number of piperidine rings is 1. The number of nitrogens with two attached hydrogens (primary N) is 1. The molecule has 12 heteroatoms. The lowest BCUT2D eigenvalue weighted by atomic mass is 10.1. The summed E-state index contributed by atoms with van der Waals surface area (Å²) in [7, 11) is 0. The molecular weight excluding hydrogens is 445 g/mol. The van der Waals surface area contributed by atoms with Gasteiger partial charge in [-0.3, -0.25) is 4.79 Å². The summed E-state index contributed by atoms with van der Waals surface area (Å²) in [5.41, 5.74) is 7.89. The van der Waals surface area contributed by atoms with Crippen LogP contribution in [0.5, 0.6) is 11.5 Å². The second-order valence-corrected chi connectivity index (χ2v) is 7.44. The molecule has 9 nitrogen and oxygen atoms in total. The topological polar surface area (TPSA) is 127 Å². The van der Waals surface area contributed by atoms with E-state index in [-0.39, 0.29) is 25.2 Å². The number of hydrogen-bond donors (Lipinski definition) is 3. The van der Waals surface area contributed by atoms with Crippen molar-refractivity contribution in [1.29, 1.82) is 0 Å². The molecule has 3 heterocycles. The fourth-order valence-corrected chi connectivity index (χ4v) is 3.27. The zero-order valence-electron chi connectivity index (χ0n) is 17.5. The molecule has 0 radical (unpaired) electrons. The second-order valence-electron chi connectivity index (χ2n) is 7.44. The average Bonchev–Trinajstić information content (AvgIpc) is 3.22. The number of carbonyl (C=O) groups is 2. The highest BCUT2D eigenvalue weighted by Crippen LogP contribution is 2.32. The monoisotopic (exact) mass is 468 g/mol. The number of fused-ring (bicyclic) bond motifs is 1. The number of nitrogens with one attached hydrogen (secondary N) is 1. The Morgan fingerprint density at radius 1 is 1.15 bits per heavy atom. The van der Waals surface area contributed by atoms with E-state index in [0.717, 1.165) is 37.2 Å². The molecule has 1 aromatic carbocycles. The molecule has 2 aromatic rings.